The second-order valence-corrected chi connectivity index (χ2v) is 5.47. The monoisotopic (exact) mass is 369 g/mol. The van der Waals surface area contributed by atoms with E-state index in [4.69, 9.17) is 0 Å². The van der Waals surface area contributed by atoms with Crippen molar-refractivity contribution in [1.29, 1.82) is 0 Å². The van der Waals surface area contributed by atoms with Gasteiger partial charge in [0.1, 0.15) is 5.75 Å². The van der Waals surface area contributed by atoms with Crippen LogP contribution in [0.25, 0.3) is 0 Å². The normalized spacial score (nSPS) is 10.5. The van der Waals surface area contributed by atoms with Gasteiger partial charge in [0, 0.05) is 10.9 Å². The van der Waals surface area contributed by atoms with Crippen LogP contribution in [0, 0.1) is 0 Å². The first kappa shape index (κ1) is 16.4. The van der Waals surface area contributed by atoms with Crippen molar-refractivity contribution in [3.63, 3.8) is 0 Å². The number of para-hydroxylation sites is 2. The Hall–Kier alpha value is -1.95. The molecule has 2 aromatic carbocycles. The summed E-state index contributed by atoms with van der Waals surface area (Å²) >= 11 is 3.37. The van der Waals surface area contributed by atoms with E-state index in [1.165, 1.54) is 12.1 Å². The zero-order chi connectivity index (χ0) is 15.9. The highest BCUT2D eigenvalue weighted by atomic mass is 79.9. The lowest BCUT2D eigenvalue weighted by atomic mass is 10.1. The third kappa shape index (κ3) is 5.11. The molecule has 0 aliphatic carbocycles. The van der Waals surface area contributed by atoms with Crippen LogP contribution in [0.3, 0.4) is 0 Å². The van der Waals surface area contributed by atoms with Crippen molar-refractivity contribution in [2.45, 2.75) is 19.5 Å². The fraction of sp³-hybridized carbons (Fsp3) is 0.188. The lowest BCUT2D eigenvalue weighted by molar-refractivity contribution is -0.116. The summed E-state index contributed by atoms with van der Waals surface area (Å²) in [6, 6.07) is 13.8. The fourth-order valence-corrected chi connectivity index (χ4v) is 2.38. The number of amides is 1. The maximum atomic E-state index is 12.3. The van der Waals surface area contributed by atoms with Gasteiger partial charge >= 0.3 is 6.61 Å². The average Bonchev–Trinajstić information content (AvgIpc) is 2.47. The molecule has 0 aliphatic rings. The molecule has 0 saturated heterocycles. The molecule has 1 N–H and O–H groups in total. The maximum absolute atomic E-state index is 12.3. The lowest BCUT2D eigenvalue weighted by Gasteiger charge is -2.11. The molecule has 0 saturated carbocycles. The molecule has 0 spiro atoms. The van der Waals surface area contributed by atoms with Gasteiger partial charge < -0.3 is 10.1 Å². The highest BCUT2D eigenvalue weighted by molar-refractivity contribution is 9.10. The van der Waals surface area contributed by atoms with Crippen LogP contribution in [0.2, 0.25) is 0 Å². The van der Waals surface area contributed by atoms with E-state index in [0.717, 1.165) is 10.0 Å². The molecule has 6 heteroatoms. The lowest BCUT2D eigenvalue weighted by Crippen LogP contribution is -2.14. The minimum atomic E-state index is -2.93. The number of aryl methyl sites for hydroxylation is 1. The molecule has 116 valence electrons. The number of alkyl halides is 2. The van der Waals surface area contributed by atoms with Crippen molar-refractivity contribution in [2.75, 3.05) is 5.32 Å². The summed E-state index contributed by atoms with van der Waals surface area (Å²) in [7, 11) is 0. The molecule has 0 aromatic heterocycles. The van der Waals surface area contributed by atoms with Crippen LogP contribution in [-0.2, 0) is 11.2 Å². The molecule has 0 radical (unpaired) electrons. The molecule has 0 atom stereocenters. The first-order chi connectivity index (χ1) is 10.5. The molecule has 2 rings (SSSR count). The average molecular weight is 370 g/mol. The standard InChI is InChI=1S/C16H14BrF2NO2/c17-12-5-3-4-11(10-12)8-9-15(21)20-13-6-1-2-7-14(13)22-16(18)19/h1-7,10,16H,8-9H2,(H,20,21). The number of carbonyl (C=O) groups is 1. The molecule has 0 unspecified atom stereocenters. The van der Waals surface area contributed by atoms with Crippen LogP contribution in [0.5, 0.6) is 5.75 Å². The molecule has 0 aliphatic heterocycles. The molecular formula is C16H14BrF2NO2. The van der Waals surface area contributed by atoms with E-state index in [1.54, 1.807) is 12.1 Å². The van der Waals surface area contributed by atoms with Gasteiger partial charge in [0.2, 0.25) is 5.91 Å². The molecule has 3 nitrogen and oxygen atoms in total. The Balaban J connectivity index is 1.95. The van der Waals surface area contributed by atoms with Crippen LogP contribution >= 0.6 is 15.9 Å². The summed E-state index contributed by atoms with van der Waals surface area (Å²) in [6.45, 7) is -2.93. The Morgan fingerprint density at radius 3 is 2.68 bits per heavy atom. The van der Waals surface area contributed by atoms with Gasteiger partial charge in [-0.05, 0) is 36.2 Å². The number of benzene rings is 2. The molecule has 1 amide bonds. The van der Waals surface area contributed by atoms with Crippen LogP contribution in [0.4, 0.5) is 14.5 Å². The van der Waals surface area contributed by atoms with E-state index in [2.05, 4.69) is 26.0 Å². The highest BCUT2D eigenvalue weighted by Crippen LogP contribution is 2.25. The fourth-order valence-electron chi connectivity index (χ4n) is 1.93. The third-order valence-corrected chi connectivity index (χ3v) is 3.40. The number of carbonyl (C=O) groups excluding carboxylic acids is 1. The van der Waals surface area contributed by atoms with Gasteiger partial charge in [0.05, 0.1) is 5.69 Å². The van der Waals surface area contributed by atoms with Crippen LogP contribution in [0.1, 0.15) is 12.0 Å². The van der Waals surface area contributed by atoms with Crippen molar-refractivity contribution < 1.29 is 18.3 Å². The Morgan fingerprint density at radius 1 is 1.18 bits per heavy atom. The zero-order valence-electron chi connectivity index (χ0n) is 11.6. The Bertz CT molecular complexity index is 650. The smallest absolute Gasteiger partial charge is 0.387 e. The second kappa shape index (κ2) is 7.89. The number of nitrogens with one attached hydrogen (secondary N) is 1. The van der Waals surface area contributed by atoms with Crippen LogP contribution in [-0.4, -0.2) is 12.5 Å². The highest BCUT2D eigenvalue weighted by Gasteiger charge is 2.11. The predicted octanol–water partition coefficient (Wildman–Crippen LogP) is 4.62. The third-order valence-electron chi connectivity index (χ3n) is 2.91. The number of halogens is 3. The summed E-state index contributed by atoms with van der Waals surface area (Å²) in [6.07, 6.45) is 0.808. The SMILES string of the molecule is O=C(CCc1cccc(Br)c1)Nc1ccccc1OC(F)F. The second-order valence-electron chi connectivity index (χ2n) is 4.55. The quantitative estimate of drug-likeness (QED) is 0.806. The van der Waals surface area contributed by atoms with Gasteiger partial charge in [-0.25, -0.2) is 0 Å². The van der Waals surface area contributed by atoms with Crippen molar-refractivity contribution in [2.24, 2.45) is 0 Å². The molecule has 0 fully saturated rings. The number of anilines is 1. The first-order valence-electron chi connectivity index (χ1n) is 6.63. The minimum absolute atomic E-state index is 0.0479. The molecule has 2 aromatic rings. The van der Waals surface area contributed by atoms with E-state index in [9.17, 15) is 13.6 Å². The summed E-state index contributed by atoms with van der Waals surface area (Å²) in [5.41, 5.74) is 1.25. The summed E-state index contributed by atoms with van der Waals surface area (Å²) in [5.74, 6) is -0.307. The van der Waals surface area contributed by atoms with Gasteiger partial charge in [0.15, 0.2) is 0 Å². The van der Waals surface area contributed by atoms with Crippen molar-refractivity contribution >= 4 is 27.5 Å². The largest absolute Gasteiger partial charge is 0.433 e. The number of hydrogen-bond acceptors (Lipinski definition) is 2. The minimum Gasteiger partial charge on any atom is -0.433 e. The first-order valence-corrected chi connectivity index (χ1v) is 7.42. The van der Waals surface area contributed by atoms with E-state index >= 15 is 0 Å². The number of ether oxygens (including phenoxy) is 1. The Kier molecular flexibility index (Phi) is 5.89. The van der Waals surface area contributed by atoms with Gasteiger partial charge in [-0.1, -0.05) is 40.2 Å². The van der Waals surface area contributed by atoms with E-state index in [-0.39, 0.29) is 23.8 Å². The Labute approximate surface area is 135 Å². The Morgan fingerprint density at radius 2 is 1.95 bits per heavy atom. The predicted molar refractivity (Wildman–Crippen MR) is 84.2 cm³/mol. The van der Waals surface area contributed by atoms with Crippen molar-refractivity contribution in [3.8, 4) is 5.75 Å². The number of rotatable bonds is 6. The van der Waals surface area contributed by atoms with Gasteiger partial charge in [0.25, 0.3) is 0 Å². The van der Waals surface area contributed by atoms with E-state index < -0.39 is 6.61 Å². The van der Waals surface area contributed by atoms with Gasteiger partial charge in [-0.3, -0.25) is 4.79 Å². The summed E-state index contributed by atoms with van der Waals surface area (Å²) in [5, 5.41) is 2.59. The summed E-state index contributed by atoms with van der Waals surface area (Å²) < 4.78 is 29.9. The van der Waals surface area contributed by atoms with E-state index in [1.807, 2.05) is 24.3 Å². The molecule has 0 heterocycles. The molecular weight excluding hydrogens is 356 g/mol. The number of hydrogen-bond donors (Lipinski definition) is 1. The van der Waals surface area contributed by atoms with Crippen LogP contribution < -0.4 is 10.1 Å². The zero-order valence-corrected chi connectivity index (χ0v) is 13.1. The van der Waals surface area contributed by atoms with Gasteiger partial charge in [-0.2, -0.15) is 8.78 Å². The molecule has 0 bridgehead atoms. The topological polar surface area (TPSA) is 38.3 Å². The van der Waals surface area contributed by atoms with E-state index in [0.29, 0.717) is 6.42 Å². The molecule has 22 heavy (non-hydrogen) atoms. The van der Waals surface area contributed by atoms with Gasteiger partial charge in [-0.15, -0.1) is 0 Å². The van der Waals surface area contributed by atoms with Crippen LogP contribution in [0.15, 0.2) is 53.0 Å². The maximum Gasteiger partial charge on any atom is 0.387 e. The van der Waals surface area contributed by atoms with Crippen molar-refractivity contribution in [3.05, 3.63) is 58.6 Å². The summed E-state index contributed by atoms with van der Waals surface area (Å²) in [4.78, 5) is 11.9. The van der Waals surface area contributed by atoms with Crippen molar-refractivity contribution in [1.82, 2.24) is 0 Å².